The van der Waals surface area contributed by atoms with Gasteiger partial charge in [-0.15, -0.1) is 0 Å². The molecule has 0 saturated carbocycles. The molecule has 1 N–H and O–H groups in total. The Balaban J connectivity index is 1.23. The van der Waals surface area contributed by atoms with E-state index in [1.165, 1.54) is 5.01 Å². The molecular weight excluding hydrogens is 404 g/mol. The zero-order valence-electron chi connectivity index (χ0n) is 18.1. The molecule has 32 heavy (non-hydrogen) atoms. The van der Waals surface area contributed by atoms with Gasteiger partial charge in [-0.25, -0.2) is 5.01 Å². The lowest BCUT2D eigenvalue weighted by atomic mass is 10.1. The molecule has 0 aromatic heterocycles. The Morgan fingerprint density at radius 2 is 1.69 bits per heavy atom. The fourth-order valence-electron chi connectivity index (χ4n) is 4.03. The van der Waals surface area contributed by atoms with Gasteiger partial charge in [0.1, 0.15) is 0 Å². The molecule has 0 radical (unpaired) electrons. The highest BCUT2D eigenvalue weighted by Crippen LogP contribution is 2.16. The summed E-state index contributed by atoms with van der Waals surface area (Å²) in [6.07, 6.45) is 3.05. The first-order valence-electron chi connectivity index (χ1n) is 11.2. The van der Waals surface area contributed by atoms with Crippen molar-refractivity contribution >= 4 is 23.4 Å². The van der Waals surface area contributed by atoms with E-state index in [1.807, 2.05) is 59.5 Å². The quantitative estimate of drug-likeness (QED) is 0.730. The van der Waals surface area contributed by atoms with E-state index in [9.17, 15) is 14.4 Å². The standard InChI is InChI=1S/C25H28N4O3/c30-23(11-12-24(31)29-16-13-22(27-29)20-8-2-1-3-9-20)26-18-19-7-6-10-21(17-19)25(32)28-14-4-5-15-28/h1-3,6-10,17H,4-5,11-16,18H2,(H,26,30). The van der Waals surface area contributed by atoms with E-state index >= 15 is 0 Å². The van der Waals surface area contributed by atoms with Crippen LogP contribution < -0.4 is 5.32 Å². The van der Waals surface area contributed by atoms with E-state index in [0.29, 0.717) is 25.1 Å². The Kier molecular flexibility index (Phi) is 6.94. The molecule has 2 heterocycles. The molecule has 1 saturated heterocycles. The first-order valence-corrected chi connectivity index (χ1v) is 11.2. The molecule has 7 nitrogen and oxygen atoms in total. The van der Waals surface area contributed by atoms with Crippen LogP contribution in [0.25, 0.3) is 0 Å². The van der Waals surface area contributed by atoms with Crippen molar-refractivity contribution in [3.05, 3.63) is 71.3 Å². The molecule has 0 atom stereocenters. The molecule has 2 aromatic rings. The molecule has 166 valence electrons. The van der Waals surface area contributed by atoms with Gasteiger partial charge in [-0.3, -0.25) is 14.4 Å². The summed E-state index contributed by atoms with van der Waals surface area (Å²) in [4.78, 5) is 39.1. The summed E-state index contributed by atoms with van der Waals surface area (Å²) in [6.45, 7) is 2.49. The second-order valence-electron chi connectivity index (χ2n) is 8.16. The summed E-state index contributed by atoms with van der Waals surface area (Å²) in [5.41, 5.74) is 3.43. The van der Waals surface area contributed by atoms with Crippen molar-refractivity contribution in [1.29, 1.82) is 0 Å². The zero-order valence-corrected chi connectivity index (χ0v) is 18.1. The summed E-state index contributed by atoms with van der Waals surface area (Å²) in [5, 5.41) is 8.73. The maximum atomic E-state index is 12.5. The molecule has 2 aliphatic rings. The van der Waals surface area contributed by atoms with E-state index in [4.69, 9.17) is 0 Å². The first kappa shape index (κ1) is 21.7. The largest absolute Gasteiger partial charge is 0.352 e. The highest BCUT2D eigenvalue weighted by Gasteiger charge is 2.22. The molecule has 2 aliphatic heterocycles. The molecule has 0 bridgehead atoms. The summed E-state index contributed by atoms with van der Waals surface area (Å²) in [7, 11) is 0. The van der Waals surface area contributed by atoms with E-state index < -0.39 is 0 Å². The summed E-state index contributed by atoms with van der Waals surface area (Å²) in [6, 6.07) is 17.2. The Labute approximate surface area is 188 Å². The van der Waals surface area contributed by atoms with Crippen LogP contribution in [-0.4, -0.2) is 53.0 Å². The molecule has 7 heteroatoms. The Bertz CT molecular complexity index is 1010. The van der Waals surface area contributed by atoms with E-state index in [0.717, 1.165) is 42.8 Å². The summed E-state index contributed by atoms with van der Waals surface area (Å²) < 4.78 is 0. The predicted molar refractivity (Wildman–Crippen MR) is 122 cm³/mol. The Hall–Kier alpha value is -3.48. The van der Waals surface area contributed by atoms with Crippen molar-refractivity contribution in [2.45, 2.75) is 38.6 Å². The molecular formula is C25H28N4O3. The van der Waals surface area contributed by atoms with Gasteiger partial charge in [0, 0.05) is 44.5 Å². The monoisotopic (exact) mass is 432 g/mol. The van der Waals surface area contributed by atoms with Crippen LogP contribution in [-0.2, 0) is 16.1 Å². The number of likely N-dealkylation sites (tertiary alicyclic amines) is 1. The van der Waals surface area contributed by atoms with Crippen LogP contribution in [0.2, 0.25) is 0 Å². The minimum absolute atomic E-state index is 0.0438. The number of carbonyl (C=O) groups excluding carboxylic acids is 3. The number of hydrazone groups is 1. The topological polar surface area (TPSA) is 82.1 Å². The second-order valence-corrected chi connectivity index (χ2v) is 8.16. The van der Waals surface area contributed by atoms with Crippen LogP contribution in [0.15, 0.2) is 59.7 Å². The number of nitrogens with one attached hydrogen (secondary N) is 1. The number of hydrogen-bond donors (Lipinski definition) is 1. The third-order valence-corrected chi connectivity index (χ3v) is 5.82. The van der Waals surface area contributed by atoms with Crippen molar-refractivity contribution in [1.82, 2.24) is 15.2 Å². The molecule has 4 rings (SSSR count). The van der Waals surface area contributed by atoms with Crippen LogP contribution in [0, 0.1) is 0 Å². The number of rotatable bonds is 7. The number of carbonyl (C=O) groups is 3. The van der Waals surface area contributed by atoms with E-state index in [-0.39, 0.29) is 30.6 Å². The Morgan fingerprint density at radius 3 is 2.47 bits per heavy atom. The average Bonchev–Trinajstić information content (AvgIpc) is 3.54. The van der Waals surface area contributed by atoms with Gasteiger partial charge in [-0.05, 0) is 36.1 Å². The maximum absolute atomic E-state index is 12.5. The first-order chi connectivity index (χ1) is 15.6. The van der Waals surface area contributed by atoms with Crippen molar-refractivity contribution < 1.29 is 14.4 Å². The molecule has 1 fully saturated rings. The van der Waals surface area contributed by atoms with Crippen LogP contribution in [0.4, 0.5) is 0 Å². The third kappa shape index (κ3) is 5.41. The van der Waals surface area contributed by atoms with Crippen molar-refractivity contribution in [2.75, 3.05) is 19.6 Å². The zero-order chi connectivity index (χ0) is 22.3. The van der Waals surface area contributed by atoms with Gasteiger partial charge in [0.05, 0.1) is 12.3 Å². The van der Waals surface area contributed by atoms with Crippen LogP contribution >= 0.6 is 0 Å². The average molecular weight is 433 g/mol. The highest BCUT2D eigenvalue weighted by molar-refractivity contribution is 6.02. The van der Waals surface area contributed by atoms with Gasteiger partial charge in [0.2, 0.25) is 11.8 Å². The van der Waals surface area contributed by atoms with Crippen LogP contribution in [0.1, 0.15) is 53.6 Å². The van der Waals surface area contributed by atoms with E-state index in [1.54, 1.807) is 0 Å². The minimum atomic E-state index is -0.193. The fraction of sp³-hybridized carbons (Fsp3) is 0.360. The number of nitrogens with zero attached hydrogens (tertiary/aromatic N) is 3. The predicted octanol–water partition coefficient (Wildman–Crippen LogP) is 2.96. The molecule has 0 unspecified atom stereocenters. The Morgan fingerprint density at radius 1 is 0.906 bits per heavy atom. The number of amides is 3. The van der Waals surface area contributed by atoms with Crippen molar-refractivity contribution in [3.8, 4) is 0 Å². The maximum Gasteiger partial charge on any atom is 0.253 e. The lowest BCUT2D eigenvalue weighted by Crippen LogP contribution is -2.28. The van der Waals surface area contributed by atoms with Gasteiger partial charge in [0.15, 0.2) is 0 Å². The molecule has 0 aliphatic carbocycles. The van der Waals surface area contributed by atoms with Crippen molar-refractivity contribution in [2.24, 2.45) is 5.10 Å². The number of benzene rings is 2. The second kappa shape index (κ2) is 10.2. The van der Waals surface area contributed by atoms with Gasteiger partial charge >= 0.3 is 0 Å². The highest BCUT2D eigenvalue weighted by atomic mass is 16.2. The van der Waals surface area contributed by atoms with Crippen molar-refractivity contribution in [3.63, 3.8) is 0 Å². The normalized spacial score (nSPS) is 15.6. The smallest absolute Gasteiger partial charge is 0.253 e. The SMILES string of the molecule is O=C(CCC(=O)N1CCC(c2ccccc2)=N1)NCc1cccc(C(=O)N2CCCC2)c1. The lowest BCUT2D eigenvalue weighted by Gasteiger charge is -2.15. The van der Waals surface area contributed by atoms with Gasteiger partial charge in [0.25, 0.3) is 5.91 Å². The summed E-state index contributed by atoms with van der Waals surface area (Å²) in [5.74, 6) is -0.298. The number of hydrogen-bond acceptors (Lipinski definition) is 4. The fourth-order valence-corrected chi connectivity index (χ4v) is 4.03. The minimum Gasteiger partial charge on any atom is -0.352 e. The third-order valence-electron chi connectivity index (χ3n) is 5.82. The lowest BCUT2D eigenvalue weighted by molar-refractivity contribution is -0.133. The van der Waals surface area contributed by atoms with E-state index in [2.05, 4.69) is 10.4 Å². The van der Waals surface area contributed by atoms with Gasteiger partial charge in [-0.1, -0.05) is 42.5 Å². The van der Waals surface area contributed by atoms with Crippen LogP contribution in [0.3, 0.4) is 0 Å². The molecule has 3 amide bonds. The van der Waals surface area contributed by atoms with Gasteiger partial charge < -0.3 is 10.2 Å². The summed E-state index contributed by atoms with van der Waals surface area (Å²) >= 11 is 0. The van der Waals surface area contributed by atoms with Gasteiger partial charge in [-0.2, -0.15) is 5.10 Å². The van der Waals surface area contributed by atoms with Crippen LogP contribution in [0.5, 0.6) is 0 Å². The molecule has 2 aromatic carbocycles. The molecule has 0 spiro atoms.